The van der Waals surface area contributed by atoms with Crippen LogP contribution in [0.5, 0.6) is 0 Å². The van der Waals surface area contributed by atoms with E-state index in [-0.39, 0.29) is 20.3 Å². The van der Waals surface area contributed by atoms with Gasteiger partial charge in [-0.15, -0.1) is 0 Å². The van der Waals surface area contributed by atoms with Gasteiger partial charge >= 0.3 is 180 Å². The van der Waals surface area contributed by atoms with Crippen LogP contribution in [0.25, 0.3) is 26.8 Å². The van der Waals surface area contributed by atoms with Gasteiger partial charge in [0.15, 0.2) is 0 Å². The Balaban J connectivity index is 1.42. The second-order valence-corrected chi connectivity index (χ2v) is 11.4. The maximum atomic E-state index is 13.0. The third kappa shape index (κ3) is 2.50. The summed E-state index contributed by atoms with van der Waals surface area (Å²) in [5.74, 6) is 3.26. The van der Waals surface area contributed by atoms with E-state index in [9.17, 15) is 4.79 Å². The second-order valence-electron chi connectivity index (χ2n) is 9.37. The van der Waals surface area contributed by atoms with Gasteiger partial charge in [-0.25, -0.2) is 0 Å². The minimum atomic E-state index is -0.168. The molecule has 3 heterocycles. The molecule has 3 aliphatic carbocycles. The first kappa shape index (κ1) is 18.3. The number of aromatic amines is 1. The molecule has 3 saturated carbocycles. The van der Waals surface area contributed by atoms with Crippen molar-refractivity contribution in [1.82, 2.24) is 23.5 Å². The summed E-state index contributed by atoms with van der Waals surface area (Å²) in [6.07, 6.45) is 4.13. The van der Waals surface area contributed by atoms with E-state index in [1.807, 2.05) is 24.3 Å². The molecule has 1 unspecified atom stereocenters. The number of nitrogens with one attached hydrogen (secondary N) is 2. The van der Waals surface area contributed by atoms with E-state index in [4.69, 9.17) is 4.98 Å². The van der Waals surface area contributed by atoms with Crippen LogP contribution in [-0.4, -0.2) is 44.3 Å². The molecule has 7 nitrogen and oxygen atoms in total. The molecule has 0 aliphatic heterocycles. The van der Waals surface area contributed by atoms with E-state index >= 15 is 0 Å². The predicted octanol–water partition coefficient (Wildman–Crippen LogP) is 3.20. The first-order valence-corrected chi connectivity index (χ1v) is 12.1. The van der Waals surface area contributed by atoms with Gasteiger partial charge in [0.25, 0.3) is 0 Å². The van der Waals surface area contributed by atoms with Crippen LogP contribution in [0.4, 0.5) is 5.82 Å². The van der Waals surface area contributed by atoms with Crippen LogP contribution < -0.4 is 10.9 Å². The fourth-order valence-corrected chi connectivity index (χ4v) is 7.60. The molecular formula is C22H24N6OSe. The number of hydrogen-bond donors (Lipinski definition) is 2. The van der Waals surface area contributed by atoms with Crippen molar-refractivity contribution in [3.63, 3.8) is 0 Å². The second kappa shape index (κ2) is 6.28. The van der Waals surface area contributed by atoms with Gasteiger partial charge in [0, 0.05) is 0 Å². The van der Waals surface area contributed by atoms with Gasteiger partial charge in [0.05, 0.1) is 0 Å². The topological polar surface area (TPSA) is 88.5 Å². The molecule has 0 saturated heterocycles. The summed E-state index contributed by atoms with van der Waals surface area (Å²) in [7, 11) is 0. The van der Waals surface area contributed by atoms with Gasteiger partial charge in [-0.3, -0.25) is 0 Å². The number of H-pyrrole nitrogens is 1. The molecule has 154 valence electrons. The van der Waals surface area contributed by atoms with Gasteiger partial charge in [0.2, 0.25) is 0 Å². The van der Waals surface area contributed by atoms with Gasteiger partial charge in [-0.1, -0.05) is 0 Å². The van der Waals surface area contributed by atoms with Crippen molar-refractivity contribution in [2.24, 2.45) is 23.2 Å². The summed E-state index contributed by atoms with van der Waals surface area (Å²) in [6, 6.07) is 8.13. The summed E-state index contributed by atoms with van der Waals surface area (Å²) in [4.78, 5) is 29.9. The first-order valence-electron chi connectivity index (χ1n) is 10.5. The molecule has 0 spiro atoms. The predicted molar refractivity (Wildman–Crippen MR) is 118 cm³/mol. The summed E-state index contributed by atoms with van der Waals surface area (Å²) < 4.78 is 2.78. The molecule has 0 radical (unpaired) electrons. The molecule has 1 aromatic carbocycles. The fourth-order valence-electron chi connectivity index (χ4n) is 5.64. The number of fused-ring (bicyclic) bond motifs is 4. The number of rotatable bonds is 3. The monoisotopic (exact) mass is 468 g/mol. The van der Waals surface area contributed by atoms with Crippen LogP contribution in [0.2, 0.25) is 0 Å². The molecule has 0 amide bonds. The third-order valence-electron chi connectivity index (χ3n) is 7.62. The summed E-state index contributed by atoms with van der Waals surface area (Å²) in [5.41, 5.74) is 1.81. The van der Waals surface area contributed by atoms with Crippen LogP contribution in [0, 0.1) is 23.2 Å². The average molecular weight is 467 g/mol. The molecule has 7 rings (SSSR count). The molecule has 4 aromatic rings. The number of anilines is 1. The molecular weight excluding hydrogens is 443 g/mol. The Morgan fingerprint density at radius 2 is 2.07 bits per heavy atom. The van der Waals surface area contributed by atoms with Gasteiger partial charge in [-0.2, -0.15) is 0 Å². The Morgan fingerprint density at radius 3 is 2.83 bits per heavy atom. The van der Waals surface area contributed by atoms with Gasteiger partial charge in [0.1, 0.15) is 0 Å². The number of aromatic nitrogens is 5. The van der Waals surface area contributed by atoms with Crippen LogP contribution in [-0.2, 0) is 0 Å². The van der Waals surface area contributed by atoms with Crippen molar-refractivity contribution in [2.45, 2.75) is 39.7 Å². The molecule has 3 aromatic heterocycles. The molecule has 3 aliphatic rings. The van der Waals surface area contributed by atoms with E-state index in [2.05, 4.69) is 41.0 Å². The molecule has 2 bridgehead atoms. The fraction of sp³-hybridized carbons (Fsp3) is 0.455. The maximum absolute atomic E-state index is 13.0. The van der Waals surface area contributed by atoms with E-state index < -0.39 is 0 Å². The molecule has 8 heteroatoms. The van der Waals surface area contributed by atoms with Crippen molar-refractivity contribution in [1.29, 1.82) is 0 Å². The standard InChI is InChI=1S/C22H24N6OSe/c1-11-14-8-12(22(14,2)3)9-15(11)25-19-17-18(24-10-23-17)26-21(27-19)28-20(29)13-6-4-5-7-16(13)30-28/h4-7,10-12,14-15H,8-9H2,1-3H3,(H2,23,24,25,26,27)/t11-,12+,14-,15?/m0/s1. The van der Waals surface area contributed by atoms with E-state index in [1.165, 1.54) is 6.42 Å². The van der Waals surface area contributed by atoms with Crippen molar-refractivity contribution in [2.75, 3.05) is 5.32 Å². The number of benzene rings is 1. The molecule has 2 N–H and O–H groups in total. The van der Waals surface area contributed by atoms with Crippen LogP contribution in [0.15, 0.2) is 35.4 Å². The number of imidazole rings is 1. The van der Waals surface area contributed by atoms with E-state index in [1.54, 1.807) is 9.89 Å². The Labute approximate surface area is 179 Å². The Morgan fingerprint density at radius 1 is 1.23 bits per heavy atom. The Bertz CT molecular complexity index is 1330. The van der Waals surface area contributed by atoms with E-state index in [0.717, 1.165) is 39.2 Å². The quantitative estimate of drug-likeness (QED) is 0.452. The van der Waals surface area contributed by atoms with Crippen molar-refractivity contribution < 1.29 is 0 Å². The average Bonchev–Trinajstić information content (AvgIpc) is 3.34. The minimum absolute atomic E-state index is 0.0273. The van der Waals surface area contributed by atoms with Gasteiger partial charge in [-0.05, 0) is 0 Å². The van der Waals surface area contributed by atoms with Crippen LogP contribution in [0.1, 0.15) is 33.6 Å². The summed E-state index contributed by atoms with van der Waals surface area (Å²) in [6.45, 7) is 7.18. The molecule has 4 atom stereocenters. The molecule has 3 fully saturated rings. The first-order chi connectivity index (χ1) is 14.4. The van der Waals surface area contributed by atoms with Crippen molar-refractivity contribution in [3.8, 4) is 5.95 Å². The van der Waals surface area contributed by atoms with E-state index in [0.29, 0.717) is 29.0 Å². The zero-order chi connectivity index (χ0) is 20.6. The third-order valence-corrected chi connectivity index (χ3v) is 9.86. The Kier molecular flexibility index (Phi) is 3.84. The Hall–Kier alpha value is -2.44. The van der Waals surface area contributed by atoms with Crippen LogP contribution >= 0.6 is 0 Å². The van der Waals surface area contributed by atoms with Gasteiger partial charge < -0.3 is 0 Å². The van der Waals surface area contributed by atoms with Crippen molar-refractivity contribution >= 4 is 41.4 Å². The molecule has 30 heavy (non-hydrogen) atoms. The summed E-state index contributed by atoms with van der Waals surface area (Å²) >= 11 is -0.168. The van der Waals surface area contributed by atoms with Crippen LogP contribution in [0.3, 0.4) is 0 Å². The normalized spacial score (nSPS) is 27.3. The number of nitrogens with zero attached hydrogens (tertiary/aromatic N) is 4. The zero-order valence-electron chi connectivity index (χ0n) is 17.2. The summed E-state index contributed by atoms with van der Waals surface area (Å²) in [5, 5.41) is 4.46. The van der Waals surface area contributed by atoms with Crippen molar-refractivity contribution in [3.05, 3.63) is 40.9 Å². The number of hydrogen-bond acceptors (Lipinski definition) is 5. The zero-order valence-corrected chi connectivity index (χ0v) is 18.9. The SMILES string of the molecule is C[C@@H]1C(Nc2nc(-n3[se]c4ccccc4c3=O)nc3nc[nH]c23)C[C@H]2C[C@@H]1C2(C)C.